The summed E-state index contributed by atoms with van der Waals surface area (Å²) in [6.45, 7) is 0. The lowest BCUT2D eigenvalue weighted by molar-refractivity contribution is 0.0832. The van der Waals surface area contributed by atoms with Gasteiger partial charge in [-0.25, -0.2) is 0 Å². The Balaban J connectivity index is 1.82. The van der Waals surface area contributed by atoms with Gasteiger partial charge in [0.1, 0.15) is 0 Å². The van der Waals surface area contributed by atoms with Crippen LogP contribution in [0.3, 0.4) is 0 Å². The van der Waals surface area contributed by atoms with E-state index in [1.807, 2.05) is 6.07 Å². The fraction of sp³-hybridized carbons (Fsp3) is 0.500. The average molecular weight is 215 g/mol. The summed E-state index contributed by atoms with van der Waals surface area (Å²) in [6, 6.07) is 6.49. The summed E-state index contributed by atoms with van der Waals surface area (Å²) in [7, 11) is 0. The van der Waals surface area contributed by atoms with E-state index in [2.05, 4.69) is 12.1 Å². The first kappa shape index (κ1) is 10.0. The summed E-state index contributed by atoms with van der Waals surface area (Å²) in [4.78, 5) is 12.1. The zero-order valence-electron chi connectivity index (χ0n) is 9.41. The van der Waals surface area contributed by atoms with Crippen molar-refractivity contribution in [1.29, 1.82) is 0 Å². The number of nitrogens with two attached hydrogens (primary N) is 1. The minimum atomic E-state index is 0.189. The van der Waals surface area contributed by atoms with Crippen LogP contribution >= 0.6 is 0 Å². The van der Waals surface area contributed by atoms with Crippen LogP contribution in [0, 0.1) is 5.92 Å². The lowest BCUT2D eigenvalue weighted by Gasteiger charge is -2.31. The predicted octanol–water partition coefficient (Wildman–Crippen LogP) is 2.10. The largest absolute Gasteiger partial charge is 0.328 e. The van der Waals surface area contributed by atoms with Crippen molar-refractivity contribution in [3.63, 3.8) is 0 Å². The maximum atomic E-state index is 12.1. The van der Waals surface area contributed by atoms with Crippen LogP contribution in [0.1, 0.15) is 40.7 Å². The highest BCUT2D eigenvalue weighted by Crippen LogP contribution is 2.30. The van der Waals surface area contributed by atoms with E-state index in [9.17, 15) is 4.79 Å². The molecule has 0 spiro atoms. The lowest BCUT2D eigenvalue weighted by Crippen LogP contribution is -2.40. The number of rotatable bonds is 2. The van der Waals surface area contributed by atoms with Gasteiger partial charge in [-0.15, -0.1) is 0 Å². The number of fused-ring (bicyclic) bond motifs is 1. The number of carbonyl (C=O) groups excluding carboxylic acids is 1. The molecule has 2 N–H and O–H groups in total. The molecular formula is C14H17NO. The highest BCUT2D eigenvalue weighted by molar-refractivity contribution is 5.98. The Labute approximate surface area is 95.8 Å². The Bertz CT molecular complexity index is 432. The van der Waals surface area contributed by atoms with Crippen LogP contribution in [-0.2, 0) is 12.8 Å². The first-order valence-electron chi connectivity index (χ1n) is 6.15. The normalized spacial score (nSPS) is 27.3. The van der Waals surface area contributed by atoms with Gasteiger partial charge in [-0.2, -0.15) is 0 Å². The Morgan fingerprint density at radius 2 is 1.94 bits per heavy atom. The predicted molar refractivity (Wildman–Crippen MR) is 63.5 cm³/mol. The Kier molecular flexibility index (Phi) is 2.32. The molecule has 0 bridgehead atoms. The Hall–Kier alpha value is -1.15. The van der Waals surface area contributed by atoms with E-state index in [-0.39, 0.29) is 12.0 Å². The standard InChI is InChI=1S/C14H17NO/c15-13-7-12(8-13)14(16)11-5-4-9-2-1-3-10(9)6-11/h4-6,12-13H,1-3,7-8,15H2. The number of hydrogen-bond donors (Lipinski definition) is 1. The fourth-order valence-corrected chi connectivity index (χ4v) is 2.84. The van der Waals surface area contributed by atoms with E-state index in [0.717, 1.165) is 24.8 Å². The van der Waals surface area contributed by atoms with Crippen LogP contribution in [0.25, 0.3) is 0 Å². The van der Waals surface area contributed by atoms with E-state index in [4.69, 9.17) is 5.73 Å². The third kappa shape index (κ3) is 1.57. The Morgan fingerprint density at radius 3 is 2.69 bits per heavy atom. The molecule has 0 radical (unpaired) electrons. The lowest BCUT2D eigenvalue weighted by atomic mass is 9.76. The van der Waals surface area contributed by atoms with Crippen LogP contribution in [0.15, 0.2) is 18.2 Å². The number of aryl methyl sites for hydroxylation is 2. The van der Waals surface area contributed by atoms with Gasteiger partial charge in [0.15, 0.2) is 5.78 Å². The first-order chi connectivity index (χ1) is 7.74. The summed E-state index contributed by atoms with van der Waals surface area (Å²) in [6.07, 6.45) is 5.30. The van der Waals surface area contributed by atoms with Gasteiger partial charge >= 0.3 is 0 Å². The molecule has 2 aliphatic rings. The minimum absolute atomic E-state index is 0.189. The highest BCUT2D eigenvalue weighted by Gasteiger charge is 2.32. The van der Waals surface area contributed by atoms with Crippen molar-refractivity contribution >= 4 is 5.78 Å². The molecule has 16 heavy (non-hydrogen) atoms. The molecule has 0 unspecified atom stereocenters. The van der Waals surface area contributed by atoms with Gasteiger partial charge in [0.2, 0.25) is 0 Å². The number of benzene rings is 1. The second kappa shape index (κ2) is 3.70. The number of ketones is 1. The topological polar surface area (TPSA) is 43.1 Å². The van der Waals surface area contributed by atoms with Crippen molar-refractivity contribution < 1.29 is 4.79 Å². The van der Waals surface area contributed by atoms with Crippen LogP contribution in [-0.4, -0.2) is 11.8 Å². The van der Waals surface area contributed by atoms with E-state index in [1.165, 1.54) is 24.0 Å². The van der Waals surface area contributed by atoms with Gasteiger partial charge in [-0.05, 0) is 49.3 Å². The third-order valence-electron chi connectivity index (χ3n) is 3.93. The second-order valence-electron chi connectivity index (χ2n) is 5.13. The van der Waals surface area contributed by atoms with Crippen LogP contribution in [0.4, 0.5) is 0 Å². The summed E-state index contributed by atoms with van der Waals surface area (Å²) >= 11 is 0. The third-order valence-corrected chi connectivity index (χ3v) is 3.93. The molecule has 1 fully saturated rings. The molecule has 2 heteroatoms. The van der Waals surface area contributed by atoms with Crippen molar-refractivity contribution in [3.8, 4) is 0 Å². The Morgan fingerprint density at radius 1 is 1.19 bits per heavy atom. The SMILES string of the molecule is NC1CC(C(=O)c2ccc3c(c2)CCC3)C1. The molecule has 84 valence electrons. The molecule has 1 aromatic rings. The maximum Gasteiger partial charge on any atom is 0.166 e. The second-order valence-corrected chi connectivity index (χ2v) is 5.13. The van der Waals surface area contributed by atoms with Crippen molar-refractivity contribution in [3.05, 3.63) is 34.9 Å². The molecule has 1 aromatic carbocycles. The van der Waals surface area contributed by atoms with Gasteiger partial charge in [0.05, 0.1) is 0 Å². The van der Waals surface area contributed by atoms with Crippen LogP contribution in [0.2, 0.25) is 0 Å². The summed E-state index contributed by atoms with van der Waals surface area (Å²) in [5.74, 6) is 0.492. The van der Waals surface area contributed by atoms with E-state index < -0.39 is 0 Å². The first-order valence-corrected chi connectivity index (χ1v) is 6.15. The molecular weight excluding hydrogens is 198 g/mol. The molecule has 0 saturated heterocycles. The zero-order valence-corrected chi connectivity index (χ0v) is 9.41. The summed E-state index contributed by atoms with van der Waals surface area (Å²) in [5, 5.41) is 0. The fourth-order valence-electron chi connectivity index (χ4n) is 2.84. The van der Waals surface area contributed by atoms with Gasteiger partial charge < -0.3 is 5.73 Å². The molecule has 2 aliphatic carbocycles. The van der Waals surface area contributed by atoms with Crippen molar-refractivity contribution in [1.82, 2.24) is 0 Å². The molecule has 1 saturated carbocycles. The van der Waals surface area contributed by atoms with Gasteiger partial charge in [-0.3, -0.25) is 4.79 Å². The van der Waals surface area contributed by atoms with Crippen molar-refractivity contribution in [2.45, 2.75) is 38.1 Å². The molecule has 0 amide bonds. The van der Waals surface area contributed by atoms with Gasteiger partial charge in [-0.1, -0.05) is 12.1 Å². The molecule has 3 rings (SSSR count). The van der Waals surface area contributed by atoms with E-state index in [0.29, 0.717) is 5.78 Å². The quantitative estimate of drug-likeness (QED) is 0.768. The van der Waals surface area contributed by atoms with Gasteiger partial charge in [0, 0.05) is 17.5 Å². The van der Waals surface area contributed by atoms with E-state index >= 15 is 0 Å². The number of Topliss-reactive ketones (excluding diaryl/α,β-unsaturated/α-hetero) is 1. The number of carbonyl (C=O) groups is 1. The molecule has 0 heterocycles. The molecule has 0 atom stereocenters. The molecule has 0 aromatic heterocycles. The zero-order chi connectivity index (χ0) is 11.1. The monoisotopic (exact) mass is 215 g/mol. The van der Waals surface area contributed by atoms with Gasteiger partial charge in [0.25, 0.3) is 0 Å². The molecule has 2 nitrogen and oxygen atoms in total. The average Bonchev–Trinajstić information content (AvgIpc) is 2.70. The highest BCUT2D eigenvalue weighted by atomic mass is 16.1. The van der Waals surface area contributed by atoms with Crippen molar-refractivity contribution in [2.75, 3.05) is 0 Å². The molecule has 0 aliphatic heterocycles. The van der Waals surface area contributed by atoms with Crippen molar-refractivity contribution in [2.24, 2.45) is 11.7 Å². The summed E-state index contributed by atoms with van der Waals surface area (Å²) < 4.78 is 0. The smallest absolute Gasteiger partial charge is 0.166 e. The minimum Gasteiger partial charge on any atom is -0.328 e. The van der Waals surface area contributed by atoms with Crippen LogP contribution < -0.4 is 5.73 Å². The van der Waals surface area contributed by atoms with Crippen LogP contribution in [0.5, 0.6) is 0 Å². The number of hydrogen-bond acceptors (Lipinski definition) is 2. The van der Waals surface area contributed by atoms with E-state index in [1.54, 1.807) is 0 Å². The summed E-state index contributed by atoms with van der Waals surface area (Å²) in [5.41, 5.74) is 9.44. The maximum absolute atomic E-state index is 12.1.